The molecule has 2 rings (SSSR count). The highest BCUT2D eigenvalue weighted by Crippen LogP contribution is 2.27. The van der Waals surface area contributed by atoms with E-state index in [4.69, 9.17) is 0 Å². The molecule has 0 radical (unpaired) electrons. The molecule has 2 amide bonds. The second-order valence-corrected chi connectivity index (χ2v) is 5.37. The van der Waals surface area contributed by atoms with Crippen LogP contribution in [0.3, 0.4) is 0 Å². The minimum Gasteiger partial charge on any atom is -0.329 e. The van der Waals surface area contributed by atoms with Crippen molar-refractivity contribution < 1.29 is 9.59 Å². The molecule has 0 aliphatic carbocycles. The van der Waals surface area contributed by atoms with E-state index in [2.05, 4.69) is 13.8 Å². The molecule has 2 heterocycles. The van der Waals surface area contributed by atoms with Crippen molar-refractivity contribution in [2.45, 2.75) is 52.1 Å². The highest BCUT2D eigenvalue weighted by Gasteiger charge is 2.45. The molecule has 96 valence electrons. The molecule has 0 spiro atoms. The van der Waals surface area contributed by atoms with Crippen LogP contribution >= 0.6 is 0 Å². The Labute approximate surface area is 103 Å². The predicted octanol–water partition coefficient (Wildman–Crippen LogP) is 1.25. The largest absolute Gasteiger partial charge is 0.329 e. The Morgan fingerprint density at radius 2 is 2.06 bits per heavy atom. The summed E-state index contributed by atoms with van der Waals surface area (Å²) < 4.78 is 0. The molecule has 3 atom stereocenters. The van der Waals surface area contributed by atoms with E-state index in [0.29, 0.717) is 12.5 Å². The van der Waals surface area contributed by atoms with Crippen molar-refractivity contribution in [3.05, 3.63) is 0 Å². The van der Waals surface area contributed by atoms with Gasteiger partial charge in [0.15, 0.2) is 0 Å². The Bertz CT molecular complexity index is 329. The minimum atomic E-state index is -0.272. The second-order valence-electron chi connectivity index (χ2n) is 5.37. The zero-order valence-corrected chi connectivity index (χ0v) is 11.0. The van der Waals surface area contributed by atoms with E-state index in [0.717, 1.165) is 25.8 Å². The third-order valence-corrected chi connectivity index (χ3v) is 4.13. The predicted molar refractivity (Wildman–Crippen MR) is 65.4 cm³/mol. The van der Waals surface area contributed by atoms with Crippen LogP contribution in [0, 0.1) is 5.92 Å². The van der Waals surface area contributed by atoms with Gasteiger partial charge in [0.2, 0.25) is 11.8 Å². The maximum atomic E-state index is 12.3. The number of nitrogens with zero attached hydrogens (tertiary/aromatic N) is 2. The number of rotatable bonds is 3. The fourth-order valence-corrected chi connectivity index (χ4v) is 2.76. The first kappa shape index (κ1) is 12.4. The van der Waals surface area contributed by atoms with Crippen molar-refractivity contribution in [3.8, 4) is 0 Å². The van der Waals surface area contributed by atoms with Gasteiger partial charge in [-0.3, -0.25) is 9.59 Å². The van der Waals surface area contributed by atoms with E-state index >= 15 is 0 Å². The van der Waals surface area contributed by atoms with E-state index in [1.165, 1.54) is 0 Å². The van der Waals surface area contributed by atoms with Gasteiger partial charge in [0.25, 0.3) is 0 Å². The summed E-state index contributed by atoms with van der Waals surface area (Å²) in [6.07, 6.45) is 2.85. The number of hydrogen-bond donors (Lipinski definition) is 0. The first-order valence-corrected chi connectivity index (χ1v) is 6.67. The zero-order valence-electron chi connectivity index (χ0n) is 11.0. The summed E-state index contributed by atoms with van der Waals surface area (Å²) in [6.45, 7) is 7.58. The van der Waals surface area contributed by atoms with E-state index in [1.807, 2.05) is 6.92 Å². The molecule has 0 aromatic carbocycles. The minimum absolute atomic E-state index is 0.135. The second kappa shape index (κ2) is 4.67. The molecule has 2 aliphatic heterocycles. The molecular formula is C13H22N2O2. The monoisotopic (exact) mass is 238 g/mol. The van der Waals surface area contributed by atoms with Gasteiger partial charge in [-0.25, -0.2) is 0 Å². The fourth-order valence-electron chi connectivity index (χ4n) is 2.76. The first-order chi connectivity index (χ1) is 8.06. The SMILES string of the molecule is CCC(C)CN1C(=O)C2CCCN2C(=O)C1C. The highest BCUT2D eigenvalue weighted by atomic mass is 16.2. The Morgan fingerprint density at radius 1 is 1.35 bits per heavy atom. The first-order valence-electron chi connectivity index (χ1n) is 6.67. The molecule has 0 saturated carbocycles. The van der Waals surface area contributed by atoms with E-state index in [1.54, 1.807) is 9.80 Å². The van der Waals surface area contributed by atoms with Crippen LogP contribution in [-0.4, -0.2) is 46.8 Å². The Balaban J connectivity index is 2.15. The van der Waals surface area contributed by atoms with Gasteiger partial charge in [0.1, 0.15) is 12.1 Å². The van der Waals surface area contributed by atoms with Crippen molar-refractivity contribution in [2.24, 2.45) is 5.92 Å². The van der Waals surface area contributed by atoms with Crippen LogP contribution in [-0.2, 0) is 9.59 Å². The summed E-state index contributed by atoms with van der Waals surface area (Å²) in [6, 6.07) is -0.436. The average Bonchev–Trinajstić information content (AvgIpc) is 2.80. The van der Waals surface area contributed by atoms with Crippen LogP contribution in [0.1, 0.15) is 40.0 Å². The van der Waals surface area contributed by atoms with Gasteiger partial charge < -0.3 is 9.80 Å². The number of fused-ring (bicyclic) bond motifs is 1. The Kier molecular flexibility index (Phi) is 3.40. The molecule has 0 aromatic rings. The van der Waals surface area contributed by atoms with Gasteiger partial charge >= 0.3 is 0 Å². The number of hydrogen-bond acceptors (Lipinski definition) is 2. The number of carbonyl (C=O) groups is 2. The third-order valence-electron chi connectivity index (χ3n) is 4.13. The summed E-state index contributed by atoms with van der Waals surface area (Å²) in [7, 11) is 0. The van der Waals surface area contributed by atoms with Gasteiger partial charge in [0, 0.05) is 13.1 Å². The molecule has 0 bridgehead atoms. The summed E-state index contributed by atoms with van der Waals surface area (Å²) in [5.41, 5.74) is 0. The molecule has 0 N–H and O–H groups in total. The molecule has 4 heteroatoms. The lowest BCUT2D eigenvalue weighted by Gasteiger charge is -2.41. The van der Waals surface area contributed by atoms with Crippen LogP contribution in [0.5, 0.6) is 0 Å². The molecule has 0 aromatic heterocycles. The zero-order chi connectivity index (χ0) is 12.6. The van der Waals surface area contributed by atoms with Gasteiger partial charge in [-0.15, -0.1) is 0 Å². The van der Waals surface area contributed by atoms with Crippen LogP contribution in [0.15, 0.2) is 0 Å². The highest BCUT2D eigenvalue weighted by molar-refractivity contribution is 5.97. The standard InChI is InChI=1S/C13H22N2O2/c1-4-9(2)8-15-10(3)12(16)14-7-5-6-11(14)13(15)17/h9-11H,4-8H2,1-3H3. The van der Waals surface area contributed by atoms with Crippen LogP contribution in [0.4, 0.5) is 0 Å². The Hall–Kier alpha value is -1.06. The molecule has 3 unspecified atom stereocenters. The van der Waals surface area contributed by atoms with Crippen molar-refractivity contribution in [3.63, 3.8) is 0 Å². The van der Waals surface area contributed by atoms with Crippen molar-refractivity contribution in [1.29, 1.82) is 0 Å². The van der Waals surface area contributed by atoms with Gasteiger partial charge in [-0.2, -0.15) is 0 Å². The molecule has 2 aliphatic rings. The molecule has 2 fully saturated rings. The van der Waals surface area contributed by atoms with Crippen molar-refractivity contribution in [2.75, 3.05) is 13.1 Å². The van der Waals surface area contributed by atoms with Gasteiger partial charge in [0.05, 0.1) is 0 Å². The number of piperazine rings is 1. The maximum Gasteiger partial charge on any atom is 0.246 e. The Morgan fingerprint density at radius 3 is 2.71 bits per heavy atom. The van der Waals surface area contributed by atoms with Crippen LogP contribution in [0.25, 0.3) is 0 Å². The molecule has 17 heavy (non-hydrogen) atoms. The van der Waals surface area contributed by atoms with Gasteiger partial charge in [-0.1, -0.05) is 20.3 Å². The van der Waals surface area contributed by atoms with Crippen LogP contribution < -0.4 is 0 Å². The number of amides is 2. The van der Waals surface area contributed by atoms with Gasteiger partial charge in [-0.05, 0) is 25.7 Å². The normalized spacial score (nSPS) is 30.8. The average molecular weight is 238 g/mol. The lowest BCUT2D eigenvalue weighted by molar-refractivity contribution is -0.159. The summed E-state index contributed by atoms with van der Waals surface area (Å²) in [5, 5.41) is 0. The van der Waals surface area contributed by atoms with Crippen molar-refractivity contribution >= 4 is 11.8 Å². The smallest absolute Gasteiger partial charge is 0.246 e. The van der Waals surface area contributed by atoms with Crippen molar-refractivity contribution in [1.82, 2.24) is 9.80 Å². The summed E-state index contributed by atoms with van der Waals surface area (Å²) in [4.78, 5) is 28.1. The summed E-state index contributed by atoms with van der Waals surface area (Å²) >= 11 is 0. The number of carbonyl (C=O) groups excluding carboxylic acids is 2. The molecular weight excluding hydrogens is 216 g/mol. The lowest BCUT2D eigenvalue weighted by Crippen LogP contribution is -2.62. The summed E-state index contributed by atoms with van der Waals surface area (Å²) in [5.74, 6) is 0.757. The van der Waals surface area contributed by atoms with E-state index in [9.17, 15) is 9.59 Å². The quantitative estimate of drug-likeness (QED) is 0.742. The van der Waals surface area contributed by atoms with Crippen LogP contribution in [0.2, 0.25) is 0 Å². The van der Waals surface area contributed by atoms with E-state index < -0.39 is 0 Å². The molecule has 2 saturated heterocycles. The van der Waals surface area contributed by atoms with E-state index in [-0.39, 0.29) is 23.9 Å². The third kappa shape index (κ3) is 2.05. The molecule has 4 nitrogen and oxygen atoms in total. The topological polar surface area (TPSA) is 40.6 Å². The lowest BCUT2D eigenvalue weighted by atomic mass is 10.0. The fraction of sp³-hybridized carbons (Fsp3) is 0.846. The maximum absolute atomic E-state index is 12.3.